The van der Waals surface area contributed by atoms with Crippen molar-refractivity contribution in [2.45, 2.75) is 33.1 Å². The van der Waals surface area contributed by atoms with Crippen LogP contribution in [-0.4, -0.2) is 38.4 Å². The first-order chi connectivity index (χ1) is 16.5. The van der Waals surface area contributed by atoms with Crippen molar-refractivity contribution >= 4 is 45.3 Å². The summed E-state index contributed by atoms with van der Waals surface area (Å²) in [5.74, 6) is -1.04. The summed E-state index contributed by atoms with van der Waals surface area (Å²) in [6.07, 6.45) is 0.242. The summed E-state index contributed by atoms with van der Waals surface area (Å²) in [7, 11) is 0. The van der Waals surface area contributed by atoms with Crippen LogP contribution < -0.4 is 10.2 Å². The minimum Gasteiger partial charge on any atom is -0.312 e. The molecule has 0 aliphatic carbocycles. The molecule has 2 heterocycles. The molecule has 2 amide bonds. The van der Waals surface area contributed by atoms with Crippen LogP contribution in [0.25, 0.3) is 0 Å². The maximum Gasteiger partial charge on any atom is 0.279 e. The number of carbonyl (C=O) groups excluding carboxylic acids is 2. The Labute approximate surface area is 202 Å². The van der Waals surface area contributed by atoms with Crippen molar-refractivity contribution < 1.29 is 19.4 Å². The molecule has 0 spiro atoms. The Bertz CT molecular complexity index is 1390. The van der Waals surface area contributed by atoms with Crippen LogP contribution >= 0.6 is 11.3 Å². The molecule has 0 bridgehead atoms. The molecule has 1 unspecified atom stereocenters. The highest BCUT2D eigenvalue weighted by Gasteiger charge is 2.34. The second-order valence-corrected chi connectivity index (χ2v) is 9.23. The van der Waals surface area contributed by atoms with E-state index in [0.717, 1.165) is 40.3 Å². The molecule has 0 radical (unpaired) electrons. The molecule has 35 heavy (non-hydrogen) atoms. The smallest absolute Gasteiger partial charge is 0.279 e. The van der Waals surface area contributed by atoms with Crippen LogP contribution in [0, 0.1) is 41.0 Å². The molecule has 12 nitrogen and oxygen atoms in total. The minimum atomic E-state index is -0.801. The summed E-state index contributed by atoms with van der Waals surface area (Å²) in [6, 6.07) is 7.62. The highest BCUT2D eigenvalue weighted by molar-refractivity contribution is 7.15. The van der Waals surface area contributed by atoms with Crippen molar-refractivity contribution in [1.29, 1.82) is 0 Å². The molecule has 4 rings (SSSR count). The number of carbonyl (C=O) groups is 2. The predicted octanol–water partition coefficient (Wildman–Crippen LogP) is 4.05. The van der Waals surface area contributed by atoms with Gasteiger partial charge >= 0.3 is 0 Å². The highest BCUT2D eigenvalue weighted by Crippen LogP contribution is 2.35. The van der Waals surface area contributed by atoms with E-state index in [4.69, 9.17) is 0 Å². The summed E-state index contributed by atoms with van der Waals surface area (Å²) in [5.41, 5.74) is 1.70. The molecule has 1 atom stereocenters. The SMILES string of the molecule is Cc1ccc(N2CC(c3nnc(NC(=O)c4cc([N+](=O)[O-])cc([N+](=O)[O-])c4C)s3)CC2=O)cc1C. The van der Waals surface area contributed by atoms with Crippen LogP contribution in [0.4, 0.5) is 22.2 Å². The molecule has 180 valence electrons. The third-order valence-electron chi connectivity index (χ3n) is 5.95. The number of hydrogen-bond donors (Lipinski definition) is 1. The van der Waals surface area contributed by atoms with Crippen LogP contribution in [0.15, 0.2) is 30.3 Å². The first-order valence-corrected chi connectivity index (χ1v) is 11.3. The predicted molar refractivity (Wildman–Crippen MR) is 128 cm³/mol. The zero-order valence-electron chi connectivity index (χ0n) is 19.0. The van der Waals surface area contributed by atoms with E-state index in [1.54, 1.807) is 4.90 Å². The fraction of sp³-hybridized carbons (Fsp3) is 0.273. The molecule has 1 aliphatic rings. The van der Waals surface area contributed by atoms with E-state index >= 15 is 0 Å². The third kappa shape index (κ3) is 4.71. The van der Waals surface area contributed by atoms with E-state index < -0.39 is 27.1 Å². The molecule has 1 saturated heterocycles. The van der Waals surface area contributed by atoms with Gasteiger partial charge in [0.05, 0.1) is 21.5 Å². The molecule has 1 fully saturated rings. The number of non-ortho nitro benzene ring substituents is 1. The van der Waals surface area contributed by atoms with Gasteiger partial charge in [-0.1, -0.05) is 17.4 Å². The van der Waals surface area contributed by atoms with Crippen molar-refractivity contribution in [3.8, 4) is 0 Å². The van der Waals surface area contributed by atoms with Gasteiger partial charge in [-0.25, -0.2) is 0 Å². The second kappa shape index (κ2) is 9.18. The number of aromatic nitrogens is 2. The Morgan fingerprint density at radius 2 is 1.83 bits per heavy atom. The van der Waals surface area contributed by atoms with Gasteiger partial charge in [-0.15, -0.1) is 10.2 Å². The topological polar surface area (TPSA) is 161 Å². The summed E-state index contributed by atoms with van der Waals surface area (Å²) in [4.78, 5) is 48.0. The van der Waals surface area contributed by atoms with E-state index in [0.29, 0.717) is 11.6 Å². The number of benzene rings is 2. The van der Waals surface area contributed by atoms with E-state index in [1.807, 2.05) is 32.0 Å². The Hall–Kier alpha value is -4.26. The molecular weight excluding hydrogens is 476 g/mol. The third-order valence-corrected chi connectivity index (χ3v) is 6.96. The van der Waals surface area contributed by atoms with Gasteiger partial charge in [-0.3, -0.25) is 35.1 Å². The molecule has 0 saturated carbocycles. The van der Waals surface area contributed by atoms with Gasteiger partial charge in [0.25, 0.3) is 17.3 Å². The van der Waals surface area contributed by atoms with Crippen LogP contribution in [0.2, 0.25) is 0 Å². The number of amides is 2. The van der Waals surface area contributed by atoms with Crippen molar-refractivity contribution in [1.82, 2.24) is 10.2 Å². The number of aryl methyl sites for hydroxylation is 2. The number of nitrogens with one attached hydrogen (secondary N) is 1. The molecule has 1 N–H and O–H groups in total. The standard InChI is InChI=1S/C22H20N6O6S/c1-11-4-5-15(6-12(11)2)26-10-14(7-19(26)29)21-24-25-22(35-21)23-20(30)17-8-16(27(31)32)9-18(13(17)3)28(33)34/h4-6,8-9,14H,7,10H2,1-3H3,(H,23,25,30). The maximum atomic E-state index is 12.8. The lowest BCUT2D eigenvalue weighted by Gasteiger charge is -2.17. The first kappa shape index (κ1) is 23.9. The number of nitro groups is 2. The summed E-state index contributed by atoms with van der Waals surface area (Å²) in [6.45, 7) is 5.74. The first-order valence-electron chi connectivity index (χ1n) is 10.5. The molecular formula is C22H20N6O6S. The maximum absolute atomic E-state index is 12.8. The molecule has 1 aromatic heterocycles. The van der Waals surface area contributed by atoms with Gasteiger partial charge in [0.1, 0.15) is 5.01 Å². The van der Waals surface area contributed by atoms with Crippen LogP contribution in [-0.2, 0) is 4.79 Å². The largest absolute Gasteiger partial charge is 0.312 e. The lowest BCUT2D eigenvalue weighted by molar-refractivity contribution is -0.394. The molecule has 3 aromatic rings. The van der Waals surface area contributed by atoms with Gasteiger partial charge in [0, 0.05) is 36.2 Å². The van der Waals surface area contributed by atoms with Crippen molar-refractivity contribution in [3.63, 3.8) is 0 Å². The summed E-state index contributed by atoms with van der Waals surface area (Å²) >= 11 is 1.08. The van der Waals surface area contributed by atoms with Crippen molar-refractivity contribution in [2.75, 3.05) is 16.8 Å². The average Bonchev–Trinajstić information content (AvgIpc) is 3.41. The highest BCUT2D eigenvalue weighted by atomic mass is 32.1. The monoisotopic (exact) mass is 496 g/mol. The number of hydrogen-bond acceptors (Lipinski definition) is 9. The van der Waals surface area contributed by atoms with Gasteiger partial charge in [0.15, 0.2) is 0 Å². The van der Waals surface area contributed by atoms with E-state index in [-0.39, 0.29) is 34.5 Å². The number of anilines is 2. The quantitative estimate of drug-likeness (QED) is 0.395. The lowest BCUT2D eigenvalue weighted by atomic mass is 10.0. The summed E-state index contributed by atoms with van der Waals surface area (Å²) < 4.78 is 0. The van der Waals surface area contributed by atoms with Crippen molar-refractivity contribution in [2.24, 2.45) is 0 Å². The Kier molecular flexibility index (Phi) is 6.26. The number of nitrogens with zero attached hydrogens (tertiary/aromatic N) is 5. The van der Waals surface area contributed by atoms with Gasteiger partial charge in [-0.05, 0) is 44.0 Å². The van der Waals surface area contributed by atoms with E-state index in [9.17, 15) is 29.8 Å². The van der Waals surface area contributed by atoms with Crippen LogP contribution in [0.1, 0.15) is 44.4 Å². The van der Waals surface area contributed by atoms with Crippen LogP contribution in [0.5, 0.6) is 0 Å². The number of rotatable bonds is 6. The normalized spacial score (nSPS) is 15.3. The fourth-order valence-corrected chi connectivity index (χ4v) is 4.68. The number of nitro benzene ring substituents is 2. The Balaban J connectivity index is 1.52. The minimum absolute atomic E-state index is 0.00624. The van der Waals surface area contributed by atoms with E-state index in [2.05, 4.69) is 15.5 Å². The average molecular weight is 497 g/mol. The van der Waals surface area contributed by atoms with Crippen molar-refractivity contribution in [3.05, 3.63) is 77.8 Å². The lowest BCUT2D eigenvalue weighted by Crippen LogP contribution is -2.24. The zero-order chi connectivity index (χ0) is 25.4. The summed E-state index contributed by atoms with van der Waals surface area (Å²) in [5, 5.41) is 33.7. The molecule has 1 aliphatic heterocycles. The molecule has 2 aromatic carbocycles. The van der Waals surface area contributed by atoms with E-state index in [1.165, 1.54) is 6.92 Å². The second-order valence-electron chi connectivity index (χ2n) is 8.23. The van der Waals surface area contributed by atoms with Gasteiger partial charge in [0.2, 0.25) is 11.0 Å². The Morgan fingerprint density at radius 3 is 2.49 bits per heavy atom. The Morgan fingerprint density at radius 1 is 1.09 bits per heavy atom. The van der Waals surface area contributed by atoms with Gasteiger partial charge < -0.3 is 4.90 Å². The van der Waals surface area contributed by atoms with Gasteiger partial charge in [-0.2, -0.15) is 0 Å². The zero-order valence-corrected chi connectivity index (χ0v) is 19.8. The van der Waals surface area contributed by atoms with Crippen LogP contribution in [0.3, 0.4) is 0 Å². The fourth-order valence-electron chi connectivity index (χ4n) is 3.85. The molecule has 13 heteroatoms.